The van der Waals surface area contributed by atoms with Crippen molar-refractivity contribution in [3.8, 4) is 11.5 Å². The molecule has 0 aromatic heterocycles. The van der Waals surface area contributed by atoms with Gasteiger partial charge < -0.3 is 15.5 Å². The molecule has 2 aromatic rings. The molecule has 0 radical (unpaired) electrons. The van der Waals surface area contributed by atoms with Crippen LogP contribution in [-0.4, -0.2) is 16.1 Å². The van der Waals surface area contributed by atoms with Crippen LogP contribution in [0.25, 0.3) is 0 Å². The molecule has 2 rings (SSSR count). The zero-order valence-corrected chi connectivity index (χ0v) is 10.9. The smallest absolute Gasteiger partial charge is 0.259 e. The SMILES string of the molecule is Cc1ccc(C(=O)Nc2ccc(Cl)c(O)c2)c(O)c1. The number of anilines is 1. The molecule has 4 nitrogen and oxygen atoms in total. The van der Waals surface area contributed by atoms with Gasteiger partial charge in [-0.1, -0.05) is 17.7 Å². The maximum Gasteiger partial charge on any atom is 0.259 e. The Morgan fingerprint density at radius 2 is 1.84 bits per heavy atom. The van der Waals surface area contributed by atoms with Crippen molar-refractivity contribution in [3.05, 3.63) is 52.5 Å². The van der Waals surface area contributed by atoms with Crippen LogP contribution in [-0.2, 0) is 0 Å². The van der Waals surface area contributed by atoms with Gasteiger partial charge in [0.1, 0.15) is 11.5 Å². The Morgan fingerprint density at radius 3 is 2.47 bits per heavy atom. The van der Waals surface area contributed by atoms with Crippen molar-refractivity contribution in [3.63, 3.8) is 0 Å². The van der Waals surface area contributed by atoms with Crippen molar-refractivity contribution < 1.29 is 15.0 Å². The van der Waals surface area contributed by atoms with Gasteiger partial charge in [-0.05, 0) is 36.8 Å². The van der Waals surface area contributed by atoms with Crippen LogP contribution < -0.4 is 5.32 Å². The highest BCUT2D eigenvalue weighted by Gasteiger charge is 2.12. The first-order valence-corrected chi connectivity index (χ1v) is 5.94. The third-order valence-corrected chi connectivity index (χ3v) is 2.92. The van der Waals surface area contributed by atoms with Crippen molar-refractivity contribution in [1.29, 1.82) is 0 Å². The fourth-order valence-corrected chi connectivity index (χ4v) is 1.74. The van der Waals surface area contributed by atoms with Crippen molar-refractivity contribution in [1.82, 2.24) is 0 Å². The van der Waals surface area contributed by atoms with Crippen molar-refractivity contribution >= 4 is 23.2 Å². The number of phenolic OH excluding ortho intramolecular Hbond substituents is 2. The minimum atomic E-state index is -0.459. The van der Waals surface area contributed by atoms with Gasteiger partial charge in [0.2, 0.25) is 0 Å². The third kappa shape index (κ3) is 2.98. The normalized spacial score (nSPS) is 10.2. The second kappa shape index (κ2) is 5.20. The molecule has 0 atom stereocenters. The highest BCUT2D eigenvalue weighted by molar-refractivity contribution is 6.32. The molecule has 0 saturated carbocycles. The summed E-state index contributed by atoms with van der Waals surface area (Å²) in [6.07, 6.45) is 0. The standard InChI is InChI=1S/C14H12ClNO3/c1-8-2-4-10(12(17)6-8)14(19)16-9-3-5-11(15)13(18)7-9/h2-7,17-18H,1H3,(H,16,19). The number of nitrogens with one attached hydrogen (secondary N) is 1. The number of hydrogen-bond acceptors (Lipinski definition) is 3. The zero-order valence-electron chi connectivity index (χ0n) is 10.1. The Hall–Kier alpha value is -2.20. The summed E-state index contributed by atoms with van der Waals surface area (Å²) in [6.45, 7) is 1.82. The molecule has 1 amide bonds. The molecule has 0 unspecified atom stereocenters. The lowest BCUT2D eigenvalue weighted by atomic mass is 10.1. The van der Waals surface area contributed by atoms with E-state index in [4.69, 9.17) is 11.6 Å². The minimum absolute atomic E-state index is 0.0873. The fourth-order valence-electron chi connectivity index (χ4n) is 1.62. The highest BCUT2D eigenvalue weighted by Crippen LogP contribution is 2.27. The van der Waals surface area contributed by atoms with Crippen LogP contribution >= 0.6 is 11.6 Å². The van der Waals surface area contributed by atoms with Crippen LogP contribution in [0.1, 0.15) is 15.9 Å². The number of aryl methyl sites for hydroxylation is 1. The van der Waals surface area contributed by atoms with Crippen LogP contribution in [0.2, 0.25) is 5.02 Å². The summed E-state index contributed by atoms with van der Waals surface area (Å²) < 4.78 is 0. The molecular formula is C14H12ClNO3. The van der Waals surface area contributed by atoms with Gasteiger partial charge in [-0.3, -0.25) is 4.79 Å². The van der Waals surface area contributed by atoms with E-state index in [0.717, 1.165) is 5.56 Å². The van der Waals surface area contributed by atoms with Gasteiger partial charge in [0.05, 0.1) is 10.6 Å². The van der Waals surface area contributed by atoms with Crippen molar-refractivity contribution in [2.24, 2.45) is 0 Å². The number of aromatic hydroxyl groups is 2. The van der Waals surface area contributed by atoms with E-state index in [0.29, 0.717) is 5.69 Å². The number of benzene rings is 2. The van der Waals surface area contributed by atoms with Gasteiger partial charge in [0.25, 0.3) is 5.91 Å². The largest absolute Gasteiger partial charge is 0.507 e. The fraction of sp³-hybridized carbons (Fsp3) is 0.0714. The summed E-state index contributed by atoms with van der Waals surface area (Å²) >= 11 is 5.67. The summed E-state index contributed by atoms with van der Waals surface area (Å²) in [5.74, 6) is -0.664. The molecule has 0 aliphatic carbocycles. The topological polar surface area (TPSA) is 69.6 Å². The Bertz CT molecular complexity index is 641. The lowest BCUT2D eigenvalue weighted by Gasteiger charge is -2.08. The van der Waals surface area contributed by atoms with E-state index >= 15 is 0 Å². The van der Waals surface area contributed by atoms with Gasteiger partial charge in [-0.2, -0.15) is 0 Å². The highest BCUT2D eigenvalue weighted by atomic mass is 35.5. The zero-order chi connectivity index (χ0) is 14.0. The summed E-state index contributed by atoms with van der Waals surface area (Å²) in [6, 6.07) is 9.15. The second-order valence-electron chi connectivity index (χ2n) is 4.14. The molecule has 0 bridgehead atoms. The van der Waals surface area contributed by atoms with E-state index in [1.54, 1.807) is 12.1 Å². The molecule has 0 aliphatic rings. The van der Waals surface area contributed by atoms with Gasteiger partial charge in [0, 0.05) is 11.8 Å². The Labute approximate surface area is 115 Å². The number of rotatable bonds is 2. The average Bonchev–Trinajstić information content (AvgIpc) is 2.33. The molecule has 0 fully saturated rings. The van der Waals surface area contributed by atoms with Gasteiger partial charge in [-0.25, -0.2) is 0 Å². The number of hydrogen-bond donors (Lipinski definition) is 3. The molecule has 98 valence electrons. The summed E-state index contributed by atoms with van der Waals surface area (Å²) in [5, 5.41) is 21.9. The first kappa shape index (κ1) is 13.2. The molecule has 19 heavy (non-hydrogen) atoms. The Balaban J connectivity index is 2.23. The predicted octanol–water partition coefficient (Wildman–Crippen LogP) is 3.31. The summed E-state index contributed by atoms with van der Waals surface area (Å²) in [7, 11) is 0. The maximum absolute atomic E-state index is 12.0. The lowest BCUT2D eigenvalue weighted by Crippen LogP contribution is -2.12. The molecule has 0 aliphatic heterocycles. The predicted molar refractivity (Wildman–Crippen MR) is 73.9 cm³/mol. The molecule has 0 heterocycles. The van der Waals surface area contributed by atoms with Gasteiger partial charge in [-0.15, -0.1) is 0 Å². The van der Waals surface area contributed by atoms with E-state index in [1.165, 1.54) is 24.3 Å². The Morgan fingerprint density at radius 1 is 1.11 bits per heavy atom. The van der Waals surface area contributed by atoms with Gasteiger partial charge in [0.15, 0.2) is 0 Å². The van der Waals surface area contributed by atoms with Gasteiger partial charge >= 0.3 is 0 Å². The average molecular weight is 278 g/mol. The van der Waals surface area contributed by atoms with E-state index < -0.39 is 5.91 Å². The molecule has 5 heteroatoms. The minimum Gasteiger partial charge on any atom is -0.507 e. The van der Waals surface area contributed by atoms with Crippen molar-refractivity contribution in [2.75, 3.05) is 5.32 Å². The monoisotopic (exact) mass is 277 g/mol. The molecule has 3 N–H and O–H groups in total. The second-order valence-corrected chi connectivity index (χ2v) is 4.55. The maximum atomic E-state index is 12.0. The number of carbonyl (C=O) groups excluding carboxylic acids is 1. The molecule has 0 saturated heterocycles. The number of phenols is 2. The van der Waals surface area contributed by atoms with Crippen LogP contribution in [0.3, 0.4) is 0 Å². The number of halogens is 1. The van der Waals surface area contributed by atoms with E-state index in [9.17, 15) is 15.0 Å². The molecule has 2 aromatic carbocycles. The Kier molecular flexibility index (Phi) is 3.62. The third-order valence-electron chi connectivity index (χ3n) is 2.60. The van der Waals surface area contributed by atoms with E-state index in [1.807, 2.05) is 6.92 Å². The number of carbonyl (C=O) groups is 1. The van der Waals surface area contributed by atoms with E-state index in [-0.39, 0.29) is 22.1 Å². The van der Waals surface area contributed by atoms with Crippen LogP contribution in [0.15, 0.2) is 36.4 Å². The first-order valence-electron chi connectivity index (χ1n) is 5.57. The van der Waals surface area contributed by atoms with Crippen LogP contribution in [0.5, 0.6) is 11.5 Å². The summed E-state index contributed by atoms with van der Waals surface area (Å²) in [5.41, 5.74) is 1.42. The van der Waals surface area contributed by atoms with Crippen molar-refractivity contribution in [2.45, 2.75) is 6.92 Å². The molecule has 0 spiro atoms. The quantitative estimate of drug-likeness (QED) is 0.789. The van der Waals surface area contributed by atoms with Crippen LogP contribution in [0.4, 0.5) is 5.69 Å². The first-order chi connectivity index (χ1) is 8.97. The number of amides is 1. The van der Waals surface area contributed by atoms with Crippen LogP contribution in [0, 0.1) is 6.92 Å². The summed E-state index contributed by atoms with van der Waals surface area (Å²) in [4.78, 5) is 12.0. The van der Waals surface area contributed by atoms with E-state index in [2.05, 4.69) is 5.32 Å². The lowest BCUT2D eigenvalue weighted by molar-refractivity contribution is 0.102. The molecular weight excluding hydrogens is 266 g/mol.